The van der Waals surface area contributed by atoms with Crippen LogP contribution in [0.1, 0.15) is 12.5 Å². The Bertz CT molecular complexity index is 929. The molecule has 26 heavy (non-hydrogen) atoms. The third kappa shape index (κ3) is 4.05. The van der Waals surface area contributed by atoms with E-state index in [2.05, 4.69) is 20.8 Å². The lowest BCUT2D eigenvalue weighted by atomic mass is 10.2. The number of amides is 1. The molecule has 1 atom stereocenters. The van der Waals surface area contributed by atoms with Gasteiger partial charge in [-0.05, 0) is 48.5 Å². The van der Waals surface area contributed by atoms with Crippen molar-refractivity contribution in [1.29, 1.82) is 0 Å². The molecule has 1 N–H and O–H groups in total. The fourth-order valence-electron chi connectivity index (χ4n) is 2.14. The fraction of sp³-hybridized carbons (Fsp3) is 0.176. The molecule has 9 heteroatoms. The molecule has 0 saturated heterocycles. The van der Waals surface area contributed by atoms with Crippen LogP contribution in [-0.4, -0.2) is 31.4 Å². The van der Waals surface area contributed by atoms with Crippen LogP contribution in [0.3, 0.4) is 0 Å². The number of hydrogen-bond acceptors (Lipinski definition) is 5. The van der Waals surface area contributed by atoms with Crippen molar-refractivity contribution < 1.29 is 13.6 Å². The highest BCUT2D eigenvalue weighted by Crippen LogP contribution is 2.24. The highest BCUT2D eigenvalue weighted by Gasteiger charge is 2.20. The summed E-state index contributed by atoms with van der Waals surface area (Å²) in [5, 5.41) is 13.8. The standard InChI is InChI=1S/C17H15F2N5OS/c1-10-3-6-13(7-4-10)24-17(21-22-23-24)26-11(2)16(25)20-15-8-5-12(18)9-14(15)19/h3-9,11H,1-2H3,(H,20,25). The first-order chi connectivity index (χ1) is 12.4. The van der Waals surface area contributed by atoms with Crippen LogP contribution in [0.5, 0.6) is 0 Å². The van der Waals surface area contributed by atoms with E-state index in [0.29, 0.717) is 11.2 Å². The molecule has 134 valence electrons. The number of aromatic nitrogens is 4. The zero-order valence-corrected chi connectivity index (χ0v) is 14.8. The van der Waals surface area contributed by atoms with Crippen LogP contribution in [0.2, 0.25) is 0 Å². The lowest BCUT2D eigenvalue weighted by Crippen LogP contribution is -2.23. The van der Waals surface area contributed by atoms with Crippen molar-refractivity contribution in [2.75, 3.05) is 5.32 Å². The quantitative estimate of drug-likeness (QED) is 0.692. The molecule has 0 aliphatic rings. The summed E-state index contributed by atoms with van der Waals surface area (Å²) < 4.78 is 28.1. The number of hydrogen-bond donors (Lipinski definition) is 1. The molecular formula is C17H15F2N5OS. The minimum absolute atomic E-state index is 0.0815. The second-order valence-electron chi connectivity index (χ2n) is 5.58. The van der Waals surface area contributed by atoms with Gasteiger partial charge < -0.3 is 5.32 Å². The summed E-state index contributed by atoms with van der Waals surface area (Å²) in [5.41, 5.74) is 1.78. The van der Waals surface area contributed by atoms with Crippen LogP contribution < -0.4 is 5.32 Å². The van der Waals surface area contributed by atoms with E-state index in [4.69, 9.17) is 0 Å². The van der Waals surface area contributed by atoms with Gasteiger partial charge in [0.15, 0.2) is 0 Å². The number of rotatable bonds is 5. The number of benzene rings is 2. The molecule has 1 amide bonds. The number of aryl methyl sites for hydroxylation is 1. The monoisotopic (exact) mass is 375 g/mol. The molecule has 2 aromatic carbocycles. The first-order valence-corrected chi connectivity index (χ1v) is 8.60. The molecule has 0 aliphatic carbocycles. The minimum Gasteiger partial charge on any atom is -0.323 e. The summed E-state index contributed by atoms with van der Waals surface area (Å²) in [5.74, 6) is -1.99. The van der Waals surface area contributed by atoms with E-state index in [0.717, 1.165) is 29.1 Å². The zero-order chi connectivity index (χ0) is 18.7. The largest absolute Gasteiger partial charge is 0.323 e. The molecule has 0 fully saturated rings. The molecule has 0 bridgehead atoms. The first-order valence-electron chi connectivity index (χ1n) is 7.72. The number of nitrogens with zero attached hydrogens (tertiary/aromatic N) is 4. The normalized spacial score (nSPS) is 12.0. The van der Waals surface area contributed by atoms with Crippen molar-refractivity contribution in [3.8, 4) is 5.69 Å². The Morgan fingerprint density at radius 3 is 2.62 bits per heavy atom. The summed E-state index contributed by atoms with van der Waals surface area (Å²) in [6.45, 7) is 3.62. The van der Waals surface area contributed by atoms with E-state index in [-0.39, 0.29) is 5.69 Å². The maximum absolute atomic E-state index is 13.7. The molecule has 0 saturated carbocycles. The third-order valence-electron chi connectivity index (χ3n) is 3.56. The van der Waals surface area contributed by atoms with Gasteiger partial charge in [0.1, 0.15) is 11.6 Å². The molecular weight excluding hydrogens is 360 g/mol. The molecule has 1 aromatic heterocycles. The second-order valence-corrected chi connectivity index (χ2v) is 6.89. The maximum atomic E-state index is 13.7. The second kappa shape index (κ2) is 7.61. The zero-order valence-electron chi connectivity index (χ0n) is 14.0. The van der Waals surface area contributed by atoms with E-state index >= 15 is 0 Å². The molecule has 1 heterocycles. The average molecular weight is 375 g/mol. The van der Waals surface area contributed by atoms with E-state index < -0.39 is 22.8 Å². The topological polar surface area (TPSA) is 72.7 Å². The van der Waals surface area contributed by atoms with Gasteiger partial charge in [-0.2, -0.15) is 4.68 Å². The van der Waals surface area contributed by atoms with Crippen molar-refractivity contribution in [3.63, 3.8) is 0 Å². The van der Waals surface area contributed by atoms with Gasteiger partial charge in [-0.3, -0.25) is 4.79 Å². The van der Waals surface area contributed by atoms with Gasteiger partial charge in [-0.25, -0.2) is 8.78 Å². The summed E-state index contributed by atoms with van der Waals surface area (Å²) in [6, 6.07) is 10.6. The summed E-state index contributed by atoms with van der Waals surface area (Å²) >= 11 is 1.13. The van der Waals surface area contributed by atoms with E-state index in [1.165, 1.54) is 10.7 Å². The Morgan fingerprint density at radius 1 is 1.19 bits per heavy atom. The Hall–Kier alpha value is -2.81. The number of halogens is 2. The van der Waals surface area contributed by atoms with Crippen LogP contribution in [0, 0.1) is 18.6 Å². The predicted molar refractivity (Wildman–Crippen MR) is 94.2 cm³/mol. The van der Waals surface area contributed by atoms with Gasteiger partial charge >= 0.3 is 0 Å². The Kier molecular flexibility index (Phi) is 5.27. The summed E-state index contributed by atoms with van der Waals surface area (Å²) in [4.78, 5) is 12.3. The maximum Gasteiger partial charge on any atom is 0.237 e. The average Bonchev–Trinajstić information content (AvgIpc) is 3.06. The first kappa shape index (κ1) is 18.0. The molecule has 3 rings (SSSR count). The van der Waals surface area contributed by atoms with Crippen molar-refractivity contribution >= 4 is 23.4 Å². The highest BCUT2D eigenvalue weighted by molar-refractivity contribution is 8.00. The molecule has 3 aromatic rings. The van der Waals surface area contributed by atoms with Crippen LogP contribution in [0.15, 0.2) is 47.6 Å². The van der Waals surface area contributed by atoms with Crippen LogP contribution in [-0.2, 0) is 4.79 Å². The number of carbonyl (C=O) groups excluding carboxylic acids is 1. The highest BCUT2D eigenvalue weighted by atomic mass is 32.2. The molecule has 0 radical (unpaired) electrons. The lowest BCUT2D eigenvalue weighted by Gasteiger charge is -2.12. The smallest absolute Gasteiger partial charge is 0.237 e. The van der Waals surface area contributed by atoms with Gasteiger partial charge in [0.05, 0.1) is 16.6 Å². The number of carbonyl (C=O) groups is 1. The number of anilines is 1. The minimum atomic E-state index is -0.833. The third-order valence-corrected chi connectivity index (χ3v) is 4.59. The summed E-state index contributed by atoms with van der Waals surface area (Å²) in [6.07, 6.45) is 0. The van der Waals surface area contributed by atoms with Gasteiger partial charge in [-0.1, -0.05) is 29.5 Å². The van der Waals surface area contributed by atoms with Crippen LogP contribution in [0.4, 0.5) is 14.5 Å². The van der Waals surface area contributed by atoms with E-state index in [1.54, 1.807) is 6.92 Å². The van der Waals surface area contributed by atoms with Gasteiger partial charge in [-0.15, -0.1) is 5.10 Å². The van der Waals surface area contributed by atoms with Gasteiger partial charge in [0.25, 0.3) is 0 Å². The van der Waals surface area contributed by atoms with Gasteiger partial charge in [0, 0.05) is 6.07 Å². The Balaban J connectivity index is 1.72. The Morgan fingerprint density at radius 2 is 1.92 bits per heavy atom. The predicted octanol–water partition coefficient (Wildman–Crippen LogP) is 3.37. The summed E-state index contributed by atoms with van der Waals surface area (Å²) in [7, 11) is 0. The number of nitrogens with one attached hydrogen (secondary N) is 1. The van der Waals surface area contributed by atoms with Gasteiger partial charge in [0.2, 0.25) is 11.1 Å². The van der Waals surface area contributed by atoms with E-state index in [1.807, 2.05) is 31.2 Å². The van der Waals surface area contributed by atoms with Crippen molar-refractivity contribution in [2.45, 2.75) is 24.3 Å². The van der Waals surface area contributed by atoms with Crippen LogP contribution in [0.25, 0.3) is 5.69 Å². The number of thioether (sulfide) groups is 1. The molecule has 6 nitrogen and oxygen atoms in total. The van der Waals surface area contributed by atoms with E-state index in [9.17, 15) is 13.6 Å². The van der Waals surface area contributed by atoms with Crippen molar-refractivity contribution in [2.24, 2.45) is 0 Å². The van der Waals surface area contributed by atoms with Crippen molar-refractivity contribution in [1.82, 2.24) is 20.2 Å². The SMILES string of the molecule is Cc1ccc(-n2nnnc2SC(C)C(=O)Nc2ccc(F)cc2F)cc1. The fourth-order valence-corrected chi connectivity index (χ4v) is 2.94. The molecule has 1 unspecified atom stereocenters. The number of tetrazole rings is 1. The lowest BCUT2D eigenvalue weighted by molar-refractivity contribution is -0.115. The Labute approximate surface area is 152 Å². The molecule has 0 spiro atoms. The van der Waals surface area contributed by atoms with Crippen LogP contribution >= 0.6 is 11.8 Å². The molecule has 0 aliphatic heterocycles. The van der Waals surface area contributed by atoms with Crippen molar-refractivity contribution in [3.05, 3.63) is 59.7 Å².